The minimum Gasteiger partial charge on any atom is -0.345 e. The van der Waals surface area contributed by atoms with Crippen molar-refractivity contribution < 1.29 is 4.79 Å². The Balaban J connectivity index is 0. The number of carbonyl (C=O) groups is 1. The maximum Gasteiger partial charge on any atom is 0.240 e. The maximum absolute atomic E-state index is 11.7. The van der Waals surface area contributed by atoms with E-state index in [1.165, 1.54) is 0 Å². The van der Waals surface area contributed by atoms with Gasteiger partial charge in [0.05, 0.1) is 11.6 Å². The monoisotopic (exact) mass is 299 g/mol. The number of amides is 1. The number of thiazole rings is 1. The van der Waals surface area contributed by atoms with E-state index in [2.05, 4.69) is 10.3 Å². The van der Waals surface area contributed by atoms with Gasteiger partial charge >= 0.3 is 0 Å². The number of nitrogens with one attached hydrogen (secondary N) is 1. The van der Waals surface area contributed by atoms with E-state index in [0.717, 1.165) is 11.4 Å². The van der Waals surface area contributed by atoms with Crippen LogP contribution >= 0.6 is 36.2 Å². The molecule has 100 valence electrons. The van der Waals surface area contributed by atoms with Gasteiger partial charge in [0, 0.05) is 11.6 Å². The van der Waals surface area contributed by atoms with Crippen LogP contribution in [0.15, 0.2) is 11.6 Å². The van der Waals surface area contributed by atoms with Crippen LogP contribution in [0.1, 0.15) is 38.2 Å². The molecule has 1 heterocycles. The van der Waals surface area contributed by atoms with Gasteiger partial charge in [-0.1, -0.05) is 6.92 Å². The van der Waals surface area contributed by atoms with Crippen LogP contribution in [0.3, 0.4) is 0 Å². The van der Waals surface area contributed by atoms with Crippen LogP contribution in [0.25, 0.3) is 0 Å². The Morgan fingerprint density at radius 3 is 2.53 bits per heavy atom. The van der Waals surface area contributed by atoms with Crippen LogP contribution in [0.2, 0.25) is 0 Å². The van der Waals surface area contributed by atoms with Crippen LogP contribution in [-0.2, 0) is 4.79 Å². The van der Waals surface area contributed by atoms with Gasteiger partial charge in [-0.2, -0.15) is 0 Å². The highest BCUT2D eigenvalue weighted by molar-refractivity contribution is 7.09. The summed E-state index contributed by atoms with van der Waals surface area (Å²) in [4.78, 5) is 15.9. The molecule has 17 heavy (non-hydrogen) atoms. The lowest BCUT2D eigenvalue weighted by Crippen LogP contribution is -2.49. The molecule has 7 heteroatoms. The molecule has 0 aliphatic carbocycles. The average molecular weight is 300 g/mol. The summed E-state index contributed by atoms with van der Waals surface area (Å²) in [6.45, 7) is 5.39. The van der Waals surface area contributed by atoms with Gasteiger partial charge in [0.1, 0.15) is 5.01 Å². The van der Waals surface area contributed by atoms with Crippen LogP contribution in [0, 0.1) is 0 Å². The predicted octanol–water partition coefficient (Wildman–Crippen LogP) is 2.29. The number of rotatable bonds is 4. The largest absolute Gasteiger partial charge is 0.345 e. The summed E-state index contributed by atoms with van der Waals surface area (Å²) >= 11 is 1.54. The summed E-state index contributed by atoms with van der Waals surface area (Å²) in [5.74, 6) is -0.149. The zero-order chi connectivity index (χ0) is 11.5. The Hall–Kier alpha value is -0.360. The molecule has 0 radical (unpaired) electrons. The molecule has 0 bridgehead atoms. The first-order chi connectivity index (χ1) is 6.95. The van der Waals surface area contributed by atoms with Crippen LogP contribution in [-0.4, -0.2) is 16.4 Å². The number of halogens is 2. The number of nitrogens with zero attached hydrogens (tertiary/aromatic N) is 1. The molecule has 1 aromatic heterocycles. The van der Waals surface area contributed by atoms with Gasteiger partial charge < -0.3 is 11.1 Å². The molecular formula is C10H19Cl2N3OS. The van der Waals surface area contributed by atoms with Crippen molar-refractivity contribution in [1.29, 1.82) is 0 Å². The van der Waals surface area contributed by atoms with Crippen LogP contribution < -0.4 is 11.1 Å². The van der Waals surface area contributed by atoms with E-state index in [0.29, 0.717) is 0 Å². The third-order valence-electron chi connectivity index (χ3n) is 2.05. The summed E-state index contributed by atoms with van der Waals surface area (Å²) in [6.07, 6.45) is 2.55. The molecule has 4 nitrogen and oxygen atoms in total. The highest BCUT2D eigenvalue weighted by Gasteiger charge is 2.25. The first-order valence-corrected chi connectivity index (χ1v) is 5.82. The van der Waals surface area contributed by atoms with Crippen molar-refractivity contribution in [2.75, 3.05) is 0 Å². The maximum atomic E-state index is 11.7. The molecule has 0 aromatic carbocycles. The van der Waals surface area contributed by atoms with Gasteiger partial charge in [-0.15, -0.1) is 36.2 Å². The van der Waals surface area contributed by atoms with Crippen molar-refractivity contribution in [3.05, 3.63) is 16.6 Å². The van der Waals surface area contributed by atoms with E-state index in [1.807, 2.05) is 12.3 Å². The minimum atomic E-state index is -0.843. The Morgan fingerprint density at radius 2 is 2.18 bits per heavy atom. The molecule has 1 unspecified atom stereocenters. The van der Waals surface area contributed by atoms with Crippen molar-refractivity contribution in [3.8, 4) is 0 Å². The lowest BCUT2D eigenvalue weighted by molar-refractivity contribution is -0.126. The Kier molecular flexibility index (Phi) is 8.79. The molecule has 1 rings (SSSR count). The lowest BCUT2D eigenvalue weighted by Gasteiger charge is -2.22. The molecule has 1 amide bonds. The summed E-state index contributed by atoms with van der Waals surface area (Å²) in [5.41, 5.74) is 4.86. The molecule has 3 N–H and O–H groups in total. The zero-order valence-corrected chi connectivity index (χ0v) is 12.5. The van der Waals surface area contributed by atoms with Crippen molar-refractivity contribution >= 4 is 42.1 Å². The standard InChI is InChI=1S/C10H17N3OS.2ClH/c1-4-7(8-12-5-6-15-8)13-9(14)10(2,3)11;;/h5-7H,4,11H2,1-3H3,(H,13,14);2*1H. The average Bonchev–Trinajstić information content (AvgIpc) is 2.64. The lowest BCUT2D eigenvalue weighted by atomic mass is 10.1. The summed E-state index contributed by atoms with van der Waals surface area (Å²) in [5, 5.41) is 5.72. The van der Waals surface area contributed by atoms with Gasteiger partial charge in [0.25, 0.3) is 0 Å². The summed E-state index contributed by atoms with van der Waals surface area (Å²) in [7, 11) is 0. The van der Waals surface area contributed by atoms with Gasteiger partial charge in [0.15, 0.2) is 0 Å². The second kappa shape index (κ2) is 7.87. The Labute approximate surface area is 118 Å². The normalized spacial score (nSPS) is 12.0. The SMILES string of the molecule is CCC(NC(=O)C(C)(C)N)c1nccs1.Cl.Cl. The molecule has 0 fully saturated rings. The van der Waals surface area contributed by atoms with Crippen LogP contribution in [0.5, 0.6) is 0 Å². The highest BCUT2D eigenvalue weighted by atomic mass is 35.5. The third-order valence-corrected chi connectivity index (χ3v) is 2.94. The van der Waals surface area contributed by atoms with E-state index in [9.17, 15) is 4.79 Å². The van der Waals surface area contributed by atoms with Crippen LogP contribution in [0.4, 0.5) is 0 Å². The fourth-order valence-corrected chi connectivity index (χ4v) is 1.86. The molecule has 0 aliphatic rings. The van der Waals surface area contributed by atoms with Crippen molar-refractivity contribution in [2.45, 2.75) is 38.8 Å². The van der Waals surface area contributed by atoms with Gasteiger partial charge in [0.2, 0.25) is 5.91 Å². The van der Waals surface area contributed by atoms with E-state index in [1.54, 1.807) is 31.4 Å². The molecule has 1 atom stereocenters. The molecule has 0 saturated carbocycles. The Bertz CT molecular complexity index is 325. The smallest absolute Gasteiger partial charge is 0.240 e. The summed E-state index contributed by atoms with van der Waals surface area (Å²) < 4.78 is 0. The van der Waals surface area contributed by atoms with Crippen molar-refractivity contribution in [3.63, 3.8) is 0 Å². The molecule has 0 spiro atoms. The minimum absolute atomic E-state index is 0. The van der Waals surface area contributed by atoms with Crippen molar-refractivity contribution in [1.82, 2.24) is 10.3 Å². The van der Waals surface area contributed by atoms with Gasteiger partial charge in [-0.05, 0) is 20.3 Å². The van der Waals surface area contributed by atoms with E-state index in [4.69, 9.17) is 5.73 Å². The van der Waals surface area contributed by atoms with Gasteiger partial charge in [-0.3, -0.25) is 4.79 Å². The molecule has 1 aromatic rings. The second-order valence-electron chi connectivity index (χ2n) is 4.03. The molecular weight excluding hydrogens is 281 g/mol. The third kappa shape index (κ3) is 5.68. The van der Waals surface area contributed by atoms with E-state index >= 15 is 0 Å². The fourth-order valence-electron chi connectivity index (χ4n) is 1.09. The van der Waals surface area contributed by atoms with E-state index in [-0.39, 0.29) is 36.8 Å². The molecule has 0 saturated heterocycles. The highest BCUT2D eigenvalue weighted by Crippen LogP contribution is 2.19. The Morgan fingerprint density at radius 1 is 1.59 bits per heavy atom. The number of nitrogens with two attached hydrogens (primary N) is 1. The number of carbonyl (C=O) groups excluding carboxylic acids is 1. The predicted molar refractivity (Wildman–Crippen MR) is 76.1 cm³/mol. The molecule has 0 aliphatic heterocycles. The quantitative estimate of drug-likeness (QED) is 0.896. The number of aromatic nitrogens is 1. The van der Waals surface area contributed by atoms with Crippen molar-refractivity contribution in [2.24, 2.45) is 5.73 Å². The second-order valence-corrected chi connectivity index (χ2v) is 4.95. The first kappa shape index (κ1) is 19.0. The zero-order valence-electron chi connectivity index (χ0n) is 10.1. The number of hydrogen-bond acceptors (Lipinski definition) is 4. The van der Waals surface area contributed by atoms with E-state index < -0.39 is 5.54 Å². The number of hydrogen-bond donors (Lipinski definition) is 2. The first-order valence-electron chi connectivity index (χ1n) is 4.94. The van der Waals surface area contributed by atoms with Gasteiger partial charge in [-0.25, -0.2) is 4.98 Å². The fraction of sp³-hybridized carbons (Fsp3) is 0.600. The topological polar surface area (TPSA) is 68.0 Å². The summed E-state index contributed by atoms with van der Waals surface area (Å²) in [6, 6.07) is -0.0275.